The third kappa shape index (κ3) is 3.71. The van der Waals surface area contributed by atoms with Crippen LogP contribution in [0.1, 0.15) is 37.8 Å². The van der Waals surface area contributed by atoms with Crippen LogP contribution in [0.5, 0.6) is 0 Å². The molecular formula is C16H25ClN2. The molecule has 1 heterocycles. The summed E-state index contributed by atoms with van der Waals surface area (Å²) >= 11 is 6.43. The highest BCUT2D eigenvalue weighted by molar-refractivity contribution is 6.31. The summed E-state index contributed by atoms with van der Waals surface area (Å²) in [5.74, 6) is 0.646. The van der Waals surface area contributed by atoms with Crippen LogP contribution < -0.4 is 5.32 Å². The van der Waals surface area contributed by atoms with E-state index in [1.54, 1.807) is 0 Å². The van der Waals surface area contributed by atoms with Gasteiger partial charge < -0.3 is 5.32 Å². The average Bonchev–Trinajstić information content (AvgIpc) is 2.59. The fraction of sp³-hybridized carbons (Fsp3) is 0.625. The molecule has 1 aromatic rings. The lowest BCUT2D eigenvalue weighted by atomic mass is 9.89. The number of likely N-dealkylation sites (tertiary alicyclic amines) is 1. The highest BCUT2D eigenvalue weighted by Gasteiger charge is 2.29. The van der Waals surface area contributed by atoms with Crippen molar-refractivity contribution in [3.05, 3.63) is 34.9 Å². The van der Waals surface area contributed by atoms with Crippen molar-refractivity contribution in [3.63, 3.8) is 0 Å². The summed E-state index contributed by atoms with van der Waals surface area (Å²) in [6, 6.07) is 8.76. The summed E-state index contributed by atoms with van der Waals surface area (Å²) in [5, 5.41) is 4.42. The fourth-order valence-corrected chi connectivity index (χ4v) is 3.42. The first-order valence-electron chi connectivity index (χ1n) is 7.39. The third-order valence-corrected chi connectivity index (χ3v) is 4.48. The molecule has 2 rings (SSSR count). The summed E-state index contributed by atoms with van der Waals surface area (Å²) in [6.45, 7) is 5.45. The Morgan fingerprint density at radius 3 is 2.84 bits per heavy atom. The predicted molar refractivity (Wildman–Crippen MR) is 82.7 cm³/mol. The molecule has 0 saturated carbocycles. The monoisotopic (exact) mass is 280 g/mol. The van der Waals surface area contributed by atoms with Crippen LogP contribution in [-0.2, 0) is 0 Å². The molecule has 2 atom stereocenters. The average molecular weight is 281 g/mol. The molecule has 1 saturated heterocycles. The van der Waals surface area contributed by atoms with E-state index in [1.165, 1.54) is 31.4 Å². The molecule has 0 radical (unpaired) electrons. The van der Waals surface area contributed by atoms with Crippen molar-refractivity contribution in [1.82, 2.24) is 10.2 Å². The van der Waals surface area contributed by atoms with Crippen molar-refractivity contribution in [2.45, 2.75) is 32.2 Å². The number of hydrogen-bond donors (Lipinski definition) is 1. The van der Waals surface area contributed by atoms with E-state index in [0.717, 1.165) is 18.1 Å². The predicted octanol–water partition coefficient (Wildman–Crippen LogP) is 3.72. The lowest BCUT2D eigenvalue weighted by molar-refractivity contribution is 0.189. The maximum absolute atomic E-state index is 6.43. The van der Waals surface area contributed by atoms with Gasteiger partial charge in [-0.1, -0.05) is 43.1 Å². The number of rotatable bonds is 4. The Hall–Kier alpha value is -0.570. The second-order valence-corrected chi connectivity index (χ2v) is 5.92. The number of halogens is 1. The van der Waals surface area contributed by atoms with Gasteiger partial charge in [0.05, 0.1) is 0 Å². The Morgan fingerprint density at radius 2 is 2.11 bits per heavy atom. The lowest BCUT2D eigenvalue weighted by Crippen LogP contribution is -2.35. The van der Waals surface area contributed by atoms with E-state index >= 15 is 0 Å². The lowest BCUT2D eigenvalue weighted by Gasteiger charge is -2.33. The van der Waals surface area contributed by atoms with Gasteiger partial charge in [0.1, 0.15) is 0 Å². The van der Waals surface area contributed by atoms with E-state index in [1.807, 2.05) is 12.1 Å². The zero-order valence-corrected chi connectivity index (χ0v) is 12.8. The molecule has 0 aliphatic carbocycles. The van der Waals surface area contributed by atoms with Crippen LogP contribution in [0.2, 0.25) is 5.02 Å². The zero-order chi connectivity index (χ0) is 13.7. The molecule has 2 nitrogen and oxygen atoms in total. The molecule has 1 aromatic carbocycles. The molecule has 0 aromatic heterocycles. The highest BCUT2D eigenvalue weighted by Crippen LogP contribution is 2.37. The number of nitrogens with one attached hydrogen (secondary N) is 1. The van der Waals surface area contributed by atoms with Crippen LogP contribution >= 0.6 is 11.6 Å². The summed E-state index contributed by atoms with van der Waals surface area (Å²) < 4.78 is 0. The first kappa shape index (κ1) is 14.8. The quantitative estimate of drug-likeness (QED) is 0.904. The SMILES string of the molecule is CCNCC1CCCCN(C)C1c1ccccc1Cl. The van der Waals surface area contributed by atoms with E-state index in [2.05, 4.69) is 36.3 Å². The third-order valence-electron chi connectivity index (χ3n) is 4.14. The maximum Gasteiger partial charge on any atom is 0.0453 e. The first-order valence-corrected chi connectivity index (χ1v) is 7.77. The van der Waals surface area contributed by atoms with Gasteiger partial charge in [-0.3, -0.25) is 4.90 Å². The molecule has 106 valence electrons. The van der Waals surface area contributed by atoms with Crippen LogP contribution in [0.15, 0.2) is 24.3 Å². The molecular weight excluding hydrogens is 256 g/mol. The van der Waals surface area contributed by atoms with Gasteiger partial charge in [-0.25, -0.2) is 0 Å². The zero-order valence-electron chi connectivity index (χ0n) is 12.0. The van der Waals surface area contributed by atoms with Crippen molar-refractivity contribution >= 4 is 11.6 Å². The Labute approximate surface area is 122 Å². The van der Waals surface area contributed by atoms with Gasteiger partial charge in [0.15, 0.2) is 0 Å². The van der Waals surface area contributed by atoms with Gasteiger partial charge in [-0.15, -0.1) is 0 Å². The second-order valence-electron chi connectivity index (χ2n) is 5.51. The standard InChI is InChI=1S/C16H25ClN2/c1-3-18-12-13-8-6-7-11-19(2)16(13)14-9-4-5-10-15(14)17/h4-5,9-10,13,16,18H,3,6-8,11-12H2,1-2H3. The molecule has 2 unspecified atom stereocenters. The van der Waals surface area contributed by atoms with Gasteiger partial charge in [0, 0.05) is 11.1 Å². The van der Waals surface area contributed by atoms with Crippen molar-refractivity contribution in [1.29, 1.82) is 0 Å². The molecule has 1 aliphatic heterocycles. The van der Waals surface area contributed by atoms with Crippen molar-refractivity contribution in [3.8, 4) is 0 Å². The second kappa shape index (κ2) is 7.28. The summed E-state index contributed by atoms with van der Waals surface area (Å²) in [4.78, 5) is 2.48. The van der Waals surface area contributed by atoms with Gasteiger partial charge in [-0.2, -0.15) is 0 Å². The molecule has 3 heteroatoms. The number of benzene rings is 1. The molecule has 0 bridgehead atoms. The normalized spacial score (nSPS) is 25.2. The first-order chi connectivity index (χ1) is 9.24. The number of nitrogens with zero attached hydrogens (tertiary/aromatic N) is 1. The van der Waals surface area contributed by atoms with Gasteiger partial charge in [0.2, 0.25) is 0 Å². The van der Waals surface area contributed by atoms with Crippen LogP contribution in [0.25, 0.3) is 0 Å². The minimum absolute atomic E-state index is 0.440. The largest absolute Gasteiger partial charge is 0.317 e. The topological polar surface area (TPSA) is 15.3 Å². The van der Waals surface area contributed by atoms with Crippen LogP contribution in [-0.4, -0.2) is 31.6 Å². The molecule has 1 N–H and O–H groups in total. The van der Waals surface area contributed by atoms with Gasteiger partial charge >= 0.3 is 0 Å². The summed E-state index contributed by atoms with van der Waals surface area (Å²) in [6.07, 6.45) is 3.90. The Balaban J connectivity index is 2.26. The van der Waals surface area contributed by atoms with Crippen LogP contribution in [0.4, 0.5) is 0 Å². The Bertz CT molecular complexity index is 394. The van der Waals surface area contributed by atoms with E-state index in [9.17, 15) is 0 Å². The Morgan fingerprint density at radius 1 is 1.32 bits per heavy atom. The molecule has 1 aliphatic rings. The molecule has 1 fully saturated rings. The minimum atomic E-state index is 0.440. The fourth-order valence-electron chi connectivity index (χ4n) is 3.17. The van der Waals surface area contributed by atoms with Crippen molar-refractivity contribution in [2.24, 2.45) is 5.92 Å². The van der Waals surface area contributed by atoms with E-state index in [4.69, 9.17) is 11.6 Å². The van der Waals surface area contributed by atoms with E-state index in [0.29, 0.717) is 12.0 Å². The smallest absolute Gasteiger partial charge is 0.0453 e. The number of hydrogen-bond acceptors (Lipinski definition) is 2. The van der Waals surface area contributed by atoms with Gasteiger partial charge in [0.25, 0.3) is 0 Å². The van der Waals surface area contributed by atoms with Crippen molar-refractivity contribution < 1.29 is 0 Å². The molecule has 19 heavy (non-hydrogen) atoms. The molecule has 0 spiro atoms. The van der Waals surface area contributed by atoms with E-state index in [-0.39, 0.29) is 0 Å². The maximum atomic E-state index is 6.43. The van der Waals surface area contributed by atoms with Crippen molar-refractivity contribution in [2.75, 3.05) is 26.7 Å². The van der Waals surface area contributed by atoms with E-state index < -0.39 is 0 Å². The molecule has 0 amide bonds. The summed E-state index contributed by atoms with van der Waals surface area (Å²) in [5.41, 5.74) is 1.29. The minimum Gasteiger partial charge on any atom is -0.317 e. The Kier molecular flexibility index (Phi) is 5.68. The van der Waals surface area contributed by atoms with Gasteiger partial charge in [-0.05, 0) is 57.1 Å². The van der Waals surface area contributed by atoms with Crippen LogP contribution in [0, 0.1) is 5.92 Å². The highest BCUT2D eigenvalue weighted by atomic mass is 35.5. The van der Waals surface area contributed by atoms with Crippen LogP contribution in [0.3, 0.4) is 0 Å². The summed E-state index contributed by atoms with van der Waals surface area (Å²) in [7, 11) is 2.23.